The van der Waals surface area contributed by atoms with Crippen molar-refractivity contribution < 1.29 is 4.79 Å². The lowest BCUT2D eigenvalue weighted by molar-refractivity contribution is -0.141. The monoisotopic (exact) mass is 344 g/mol. The van der Waals surface area contributed by atoms with Crippen molar-refractivity contribution in [2.45, 2.75) is 65.7 Å². The fourth-order valence-electron chi connectivity index (χ4n) is 3.87. The number of hydrogen-bond donors (Lipinski definition) is 0. The van der Waals surface area contributed by atoms with Gasteiger partial charge in [-0.15, -0.1) is 0 Å². The van der Waals surface area contributed by atoms with Crippen molar-refractivity contribution in [3.05, 3.63) is 17.6 Å². The highest BCUT2D eigenvalue weighted by Crippen LogP contribution is 2.31. The van der Waals surface area contributed by atoms with Crippen LogP contribution in [0.2, 0.25) is 0 Å². The van der Waals surface area contributed by atoms with Gasteiger partial charge in [0.05, 0.1) is 5.69 Å². The van der Waals surface area contributed by atoms with Crippen LogP contribution >= 0.6 is 0 Å². The maximum Gasteiger partial charge on any atom is 0.228 e. The molecule has 0 spiro atoms. The number of piperidine rings is 1. The number of hydrogen-bond acceptors (Lipinski definition) is 4. The molecule has 2 fully saturated rings. The van der Waals surface area contributed by atoms with Crippen LogP contribution in [0.25, 0.3) is 0 Å². The molecule has 1 atom stereocenters. The normalized spacial score (nSPS) is 21.7. The van der Waals surface area contributed by atoms with Crippen molar-refractivity contribution in [3.63, 3.8) is 0 Å². The highest BCUT2D eigenvalue weighted by atomic mass is 16.2. The predicted molar refractivity (Wildman–Crippen MR) is 101 cm³/mol. The van der Waals surface area contributed by atoms with E-state index in [4.69, 9.17) is 4.98 Å². The van der Waals surface area contributed by atoms with Crippen LogP contribution in [0.5, 0.6) is 0 Å². The number of carbonyl (C=O) groups is 1. The summed E-state index contributed by atoms with van der Waals surface area (Å²) in [6, 6.07) is 2.17. The van der Waals surface area contributed by atoms with Crippen molar-refractivity contribution in [3.8, 4) is 0 Å². The fraction of sp³-hybridized carbons (Fsp3) is 0.750. The van der Waals surface area contributed by atoms with Crippen molar-refractivity contribution in [1.29, 1.82) is 0 Å². The Morgan fingerprint density at radius 1 is 1.20 bits per heavy atom. The van der Waals surface area contributed by atoms with Crippen molar-refractivity contribution in [2.75, 3.05) is 31.1 Å². The van der Waals surface area contributed by atoms with E-state index in [1.54, 1.807) is 0 Å². The summed E-state index contributed by atoms with van der Waals surface area (Å²) in [6.45, 7) is 12.0. The Kier molecular flexibility index (Phi) is 5.30. The van der Waals surface area contributed by atoms with Crippen molar-refractivity contribution in [2.24, 2.45) is 5.41 Å². The lowest BCUT2D eigenvalue weighted by Crippen LogP contribution is -2.45. The zero-order valence-corrected chi connectivity index (χ0v) is 16.2. The standard InChI is InChI=1S/C20H32N4O/c1-5-20(3,4)19(25)24-12-8-9-16(14-24)17-13-18(22-15(2)21-17)23-10-6-7-11-23/h13,16H,5-12,14H2,1-4H3/t16-/m0/s1. The summed E-state index contributed by atoms with van der Waals surface area (Å²) >= 11 is 0. The molecular weight excluding hydrogens is 312 g/mol. The Morgan fingerprint density at radius 2 is 1.92 bits per heavy atom. The van der Waals surface area contributed by atoms with E-state index in [0.717, 1.165) is 62.8 Å². The minimum atomic E-state index is -0.274. The molecule has 5 heteroatoms. The third-order valence-electron chi connectivity index (χ3n) is 5.86. The Balaban J connectivity index is 1.78. The van der Waals surface area contributed by atoms with Gasteiger partial charge < -0.3 is 9.80 Å². The molecule has 5 nitrogen and oxygen atoms in total. The molecular formula is C20H32N4O. The molecule has 25 heavy (non-hydrogen) atoms. The first-order valence-corrected chi connectivity index (χ1v) is 9.80. The van der Waals surface area contributed by atoms with Gasteiger partial charge in [-0.3, -0.25) is 4.79 Å². The van der Waals surface area contributed by atoms with Crippen LogP contribution in [0.3, 0.4) is 0 Å². The Labute approximate surface area is 151 Å². The predicted octanol–water partition coefficient (Wildman–Crippen LogP) is 3.53. The Bertz CT molecular complexity index is 622. The molecule has 0 aliphatic carbocycles. The van der Waals surface area contributed by atoms with Gasteiger partial charge in [0.1, 0.15) is 11.6 Å². The molecule has 3 heterocycles. The van der Waals surface area contributed by atoms with E-state index in [0.29, 0.717) is 5.92 Å². The van der Waals surface area contributed by atoms with E-state index in [2.05, 4.69) is 41.6 Å². The first-order valence-electron chi connectivity index (χ1n) is 9.80. The van der Waals surface area contributed by atoms with E-state index < -0.39 is 0 Å². The summed E-state index contributed by atoms with van der Waals surface area (Å²) in [7, 11) is 0. The number of aryl methyl sites for hydroxylation is 1. The van der Waals surface area contributed by atoms with Crippen molar-refractivity contribution in [1.82, 2.24) is 14.9 Å². The smallest absolute Gasteiger partial charge is 0.228 e. The Hall–Kier alpha value is -1.65. The zero-order chi connectivity index (χ0) is 18.0. The van der Waals surface area contributed by atoms with Crippen LogP contribution in [0.1, 0.15) is 70.3 Å². The summed E-state index contributed by atoms with van der Waals surface area (Å²) in [5.74, 6) is 2.52. The third-order valence-corrected chi connectivity index (χ3v) is 5.86. The highest BCUT2D eigenvalue weighted by molar-refractivity contribution is 5.82. The van der Waals surface area contributed by atoms with Crippen LogP contribution in [0.4, 0.5) is 5.82 Å². The first-order chi connectivity index (χ1) is 11.9. The SMILES string of the molecule is CCC(C)(C)C(=O)N1CCC[C@H](c2cc(N3CCCC3)nc(C)n2)C1. The van der Waals surface area contributed by atoms with Crippen LogP contribution in [-0.4, -0.2) is 47.0 Å². The van der Waals surface area contributed by atoms with Gasteiger partial charge in [0.25, 0.3) is 0 Å². The van der Waals surface area contributed by atoms with Crippen LogP contribution in [0.15, 0.2) is 6.07 Å². The molecule has 1 amide bonds. The van der Waals surface area contributed by atoms with Gasteiger partial charge in [-0.05, 0) is 39.0 Å². The van der Waals surface area contributed by atoms with Crippen LogP contribution < -0.4 is 4.90 Å². The Morgan fingerprint density at radius 3 is 2.60 bits per heavy atom. The van der Waals surface area contributed by atoms with E-state index in [9.17, 15) is 4.79 Å². The lowest BCUT2D eigenvalue weighted by atomic mass is 9.86. The van der Waals surface area contributed by atoms with Crippen molar-refractivity contribution >= 4 is 11.7 Å². The molecule has 1 aromatic heterocycles. The van der Waals surface area contributed by atoms with E-state index in [1.807, 2.05) is 6.92 Å². The van der Waals surface area contributed by atoms with E-state index in [1.165, 1.54) is 12.8 Å². The summed E-state index contributed by atoms with van der Waals surface area (Å²) in [5.41, 5.74) is 0.839. The number of carbonyl (C=O) groups excluding carboxylic acids is 1. The second-order valence-electron chi connectivity index (χ2n) is 8.22. The molecule has 1 aromatic rings. The van der Waals surface area contributed by atoms with Gasteiger partial charge in [0, 0.05) is 43.6 Å². The maximum absolute atomic E-state index is 12.9. The second-order valence-corrected chi connectivity index (χ2v) is 8.22. The number of likely N-dealkylation sites (tertiary alicyclic amines) is 1. The molecule has 2 aliphatic heterocycles. The largest absolute Gasteiger partial charge is 0.357 e. The molecule has 2 aliphatic rings. The van der Waals surface area contributed by atoms with Gasteiger partial charge in [0.2, 0.25) is 5.91 Å². The molecule has 0 radical (unpaired) electrons. The lowest BCUT2D eigenvalue weighted by Gasteiger charge is -2.37. The second kappa shape index (κ2) is 7.30. The highest BCUT2D eigenvalue weighted by Gasteiger charge is 2.34. The van der Waals surface area contributed by atoms with Crippen LogP contribution in [0, 0.1) is 12.3 Å². The average Bonchev–Trinajstić information content (AvgIpc) is 3.15. The maximum atomic E-state index is 12.9. The quantitative estimate of drug-likeness (QED) is 0.838. The zero-order valence-electron chi connectivity index (χ0n) is 16.2. The van der Waals surface area contributed by atoms with Gasteiger partial charge >= 0.3 is 0 Å². The molecule has 0 aromatic carbocycles. The molecule has 138 valence electrons. The number of amides is 1. The summed E-state index contributed by atoms with van der Waals surface area (Å²) in [6.07, 6.45) is 5.52. The van der Waals surface area contributed by atoms with Gasteiger partial charge in [-0.25, -0.2) is 9.97 Å². The number of rotatable bonds is 4. The minimum absolute atomic E-state index is 0.274. The summed E-state index contributed by atoms with van der Waals surface area (Å²) in [4.78, 5) is 26.7. The van der Waals surface area contributed by atoms with Gasteiger partial charge in [-0.2, -0.15) is 0 Å². The number of aromatic nitrogens is 2. The van der Waals surface area contributed by atoms with Gasteiger partial charge in [-0.1, -0.05) is 20.8 Å². The molecule has 3 rings (SSSR count). The number of nitrogens with zero attached hydrogens (tertiary/aromatic N) is 4. The fourth-order valence-corrected chi connectivity index (χ4v) is 3.87. The van der Waals surface area contributed by atoms with Gasteiger partial charge in [0.15, 0.2) is 0 Å². The minimum Gasteiger partial charge on any atom is -0.357 e. The molecule has 0 N–H and O–H groups in total. The van der Waals surface area contributed by atoms with E-state index in [-0.39, 0.29) is 11.3 Å². The molecule has 2 saturated heterocycles. The third kappa shape index (κ3) is 3.96. The van der Waals surface area contributed by atoms with E-state index >= 15 is 0 Å². The topological polar surface area (TPSA) is 49.3 Å². The molecule has 0 saturated carbocycles. The summed E-state index contributed by atoms with van der Waals surface area (Å²) < 4.78 is 0. The average molecular weight is 345 g/mol. The summed E-state index contributed by atoms with van der Waals surface area (Å²) in [5, 5.41) is 0. The molecule has 0 unspecified atom stereocenters. The van der Waals surface area contributed by atoms with Crippen LogP contribution in [-0.2, 0) is 4.79 Å². The first kappa shape index (κ1) is 18.2. The molecule has 0 bridgehead atoms. The number of anilines is 1.